The molecular formula is C25H19Br2NO3. The number of hydrogen-bond donors (Lipinski definition) is 1. The Morgan fingerprint density at radius 1 is 0.871 bits per heavy atom. The van der Waals surface area contributed by atoms with Crippen molar-refractivity contribution in [2.75, 3.05) is 7.11 Å². The van der Waals surface area contributed by atoms with Crippen LogP contribution in [0.5, 0.6) is 0 Å². The second kappa shape index (κ2) is 9.20. The zero-order chi connectivity index (χ0) is 22.0. The minimum Gasteiger partial charge on any atom is -0.467 e. The standard InChI is InChI=1S/C25H19Br2NO3/c1-31-25(30)23(28-24(29)17-11-18(26)13-19(27)12-17)14-22-20-8-4-2-6-15(20)10-16-7-3-5-9-21(16)22/h2-13,23H,14H2,1H3,(H,28,29)/t23-/m0/s1. The molecular weight excluding hydrogens is 522 g/mol. The van der Waals surface area contributed by atoms with Crippen LogP contribution in [0, 0.1) is 0 Å². The van der Waals surface area contributed by atoms with Gasteiger partial charge in [0.25, 0.3) is 5.91 Å². The number of carbonyl (C=O) groups is 2. The van der Waals surface area contributed by atoms with Gasteiger partial charge in [-0.15, -0.1) is 0 Å². The number of rotatable bonds is 5. The highest BCUT2D eigenvalue weighted by Gasteiger charge is 2.25. The summed E-state index contributed by atoms with van der Waals surface area (Å²) in [5.41, 5.74) is 1.44. The van der Waals surface area contributed by atoms with Gasteiger partial charge in [0.2, 0.25) is 0 Å². The van der Waals surface area contributed by atoms with Crippen molar-refractivity contribution >= 4 is 65.3 Å². The molecule has 4 aromatic rings. The van der Waals surface area contributed by atoms with Gasteiger partial charge in [-0.2, -0.15) is 0 Å². The molecule has 0 aliphatic heterocycles. The van der Waals surface area contributed by atoms with Crippen molar-refractivity contribution in [3.8, 4) is 0 Å². The van der Waals surface area contributed by atoms with Crippen LogP contribution in [-0.2, 0) is 16.0 Å². The number of fused-ring (bicyclic) bond motifs is 2. The van der Waals surface area contributed by atoms with Crippen molar-refractivity contribution in [1.29, 1.82) is 0 Å². The van der Waals surface area contributed by atoms with E-state index in [1.165, 1.54) is 7.11 Å². The number of methoxy groups -OCH3 is 1. The van der Waals surface area contributed by atoms with Crippen molar-refractivity contribution in [3.05, 3.63) is 92.9 Å². The summed E-state index contributed by atoms with van der Waals surface area (Å²) in [6.45, 7) is 0. The molecule has 0 aliphatic rings. The molecule has 0 spiro atoms. The first-order chi connectivity index (χ1) is 15.0. The summed E-state index contributed by atoms with van der Waals surface area (Å²) in [6.07, 6.45) is 0.315. The second-order valence-electron chi connectivity index (χ2n) is 7.21. The van der Waals surface area contributed by atoms with Crippen LogP contribution in [0.4, 0.5) is 0 Å². The minimum atomic E-state index is -0.829. The fourth-order valence-corrected chi connectivity index (χ4v) is 5.09. The summed E-state index contributed by atoms with van der Waals surface area (Å²) in [5, 5.41) is 7.13. The van der Waals surface area contributed by atoms with Gasteiger partial charge in [-0.05, 0) is 51.4 Å². The number of carbonyl (C=O) groups excluding carboxylic acids is 2. The highest BCUT2D eigenvalue weighted by molar-refractivity contribution is 9.11. The van der Waals surface area contributed by atoms with E-state index in [0.717, 1.165) is 36.1 Å². The first kappa shape index (κ1) is 21.5. The molecule has 0 aromatic heterocycles. The first-order valence-corrected chi connectivity index (χ1v) is 11.3. The lowest BCUT2D eigenvalue weighted by atomic mass is 9.92. The van der Waals surface area contributed by atoms with Gasteiger partial charge in [-0.25, -0.2) is 4.79 Å². The first-order valence-electron chi connectivity index (χ1n) is 9.70. The third-order valence-corrected chi connectivity index (χ3v) is 6.12. The third-order valence-electron chi connectivity index (χ3n) is 5.21. The van der Waals surface area contributed by atoms with E-state index in [4.69, 9.17) is 4.74 Å². The lowest BCUT2D eigenvalue weighted by Gasteiger charge is -2.19. The van der Waals surface area contributed by atoms with Crippen LogP contribution in [0.15, 0.2) is 81.7 Å². The second-order valence-corrected chi connectivity index (χ2v) is 9.04. The highest BCUT2D eigenvalue weighted by Crippen LogP contribution is 2.30. The molecule has 0 saturated carbocycles. The molecule has 0 unspecified atom stereocenters. The Labute approximate surface area is 196 Å². The zero-order valence-corrected chi connectivity index (χ0v) is 19.9. The van der Waals surface area contributed by atoms with Crippen LogP contribution < -0.4 is 5.32 Å². The van der Waals surface area contributed by atoms with Crippen molar-refractivity contribution in [2.24, 2.45) is 0 Å². The van der Waals surface area contributed by atoms with E-state index < -0.39 is 12.0 Å². The van der Waals surface area contributed by atoms with Crippen molar-refractivity contribution < 1.29 is 14.3 Å². The van der Waals surface area contributed by atoms with Gasteiger partial charge in [0.05, 0.1) is 7.11 Å². The average molecular weight is 541 g/mol. The van der Waals surface area contributed by atoms with E-state index in [9.17, 15) is 9.59 Å². The van der Waals surface area contributed by atoms with Crippen molar-refractivity contribution in [2.45, 2.75) is 12.5 Å². The summed E-state index contributed by atoms with van der Waals surface area (Å²) >= 11 is 6.79. The molecule has 6 heteroatoms. The van der Waals surface area contributed by atoms with Crippen molar-refractivity contribution in [1.82, 2.24) is 5.32 Å². The molecule has 0 radical (unpaired) electrons. The van der Waals surface area contributed by atoms with E-state index in [0.29, 0.717) is 12.0 Å². The van der Waals surface area contributed by atoms with Crippen LogP contribution in [0.25, 0.3) is 21.5 Å². The molecule has 1 amide bonds. The zero-order valence-electron chi connectivity index (χ0n) is 16.7. The van der Waals surface area contributed by atoms with Gasteiger partial charge >= 0.3 is 5.97 Å². The Balaban J connectivity index is 1.75. The number of ether oxygens (including phenoxy) is 1. The van der Waals surface area contributed by atoms with Gasteiger partial charge in [-0.1, -0.05) is 80.4 Å². The van der Waals surface area contributed by atoms with Crippen LogP contribution >= 0.6 is 31.9 Å². The number of esters is 1. The molecule has 1 atom stereocenters. The summed E-state index contributed by atoms with van der Waals surface area (Å²) in [7, 11) is 1.33. The van der Waals surface area contributed by atoms with Gasteiger partial charge in [0.1, 0.15) is 6.04 Å². The number of nitrogens with one attached hydrogen (secondary N) is 1. The normalized spacial score (nSPS) is 12.0. The van der Waals surface area contributed by atoms with E-state index in [2.05, 4.69) is 55.4 Å². The Hall–Kier alpha value is -2.70. The molecule has 1 N–H and O–H groups in total. The summed E-state index contributed by atoms with van der Waals surface area (Å²) in [4.78, 5) is 25.6. The maximum absolute atomic E-state index is 12.9. The van der Waals surface area contributed by atoms with Gasteiger partial charge in [0, 0.05) is 20.9 Å². The fourth-order valence-electron chi connectivity index (χ4n) is 3.79. The number of benzene rings is 4. The van der Waals surface area contributed by atoms with Crippen LogP contribution in [0.1, 0.15) is 15.9 Å². The molecule has 0 saturated heterocycles. The van der Waals surface area contributed by atoms with Crippen molar-refractivity contribution in [3.63, 3.8) is 0 Å². The largest absolute Gasteiger partial charge is 0.467 e. The van der Waals surface area contributed by atoms with Gasteiger partial charge in [-0.3, -0.25) is 4.79 Å². The number of amides is 1. The maximum atomic E-state index is 12.9. The third kappa shape index (κ3) is 4.65. The van der Waals surface area contributed by atoms with Gasteiger partial charge < -0.3 is 10.1 Å². The predicted octanol–water partition coefficient (Wildman–Crippen LogP) is 6.03. The smallest absolute Gasteiger partial charge is 0.328 e. The van der Waals surface area contributed by atoms with Crippen LogP contribution in [0.2, 0.25) is 0 Å². The molecule has 4 nitrogen and oxygen atoms in total. The molecule has 4 aromatic carbocycles. The lowest BCUT2D eigenvalue weighted by Crippen LogP contribution is -2.43. The molecule has 0 aliphatic carbocycles. The van der Waals surface area contributed by atoms with Crippen LogP contribution in [0.3, 0.4) is 0 Å². The highest BCUT2D eigenvalue weighted by atomic mass is 79.9. The molecule has 156 valence electrons. The predicted molar refractivity (Wildman–Crippen MR) is 130 cm³/mol. The molecule has 0 fully saturated rings. The Morgan fingerprint density at radius 3 is 1.97 bits per heavy atom. The Kier molecular flexibility index (Phi) is 6.39. The SMILES string of the molecule is COC(=O)[C@H](Cc1c2ccccc2cc2ccccc12)NC(=O)c1cc(Br)cc(Br)c1. The summed E-state index contributed by atoms with van der Waals surface area (Å²) in [6, 6.07) is 22.7. The quantitative estimate of drug-likeness (QED) is 0.248. The molecule has 0 bridgehead atoms. The van der Waals surface area contributed by atoms with Gasteiger partial charge in [0.15, 0.2) is 0 Å². The monoisotopic (exact) mass is 539 g/mol. The summed E-state index contributed by atoms with van der Waals surface area (Å²) < 4.78 is 6.55. The molecule has 31 heavy (non-hydrogen) atoms. The molecule has 0 heterocycles. The maximum Gasteiger partial charge on any atom is 0.328 e. The topological polar surface area (TPSA) is 55.4 Å². The van der Waals surface area contributed by atoms with E-state index >= 15 is 0 Å². The minimum absolute atomic E-state index is 0.315. The van der Waals surface area contributed by atoms with E-state index in [1.807, 2.05) is 42.5 Å². The number of hydrogen-bond acceptors (Lipinski definition) is 3. The van der Waals surface area contributed by atoms with Crippen LogP contribution in [-0.4, -0.2) is 25.0 Å². The summed E-state index contributed by atoms with van der Waals surface area (Å²) in [5.74, 6) is -0.832. The Morgan fingerprint density at radius 2 is 1.42 bits per heavy atom. The van der Waals surface area contributed by atoms with E-state index in [1.54, 1.807) is 12.1 Å². The fraction of sp³-hybridized carbons (Fsp3) is 0.120. The average Bonchev–Trinajstić information content (AvgIpc) is 2.77. The van der Waals surface area contributed by atoms with E-state index in [-0.39, 0.29) is 5.91 Å². The molecule has 4 rings (SSSR count). The lowest BCUT2D eigenvalue weighted by molar-refractivity contribution is -0.142. The Bertz CT molecular complexity index is 1230. The number of halogens is 2.